The highest BCUT2D eigenvalue weighted by molar-refractivity contribution is 7.49. The van der Waals surface area contributed by atoms with E-state index in [1.165, 1.54) is 14.2 Å². The van der Waals surface area contributed by atoms with E-state index < -0.39 is 7.82 Å². The van der Waals surface area contributed by atoms with E-state index in [1.807, 2.05) is 6.07 Å². The van der Waals surface area contributed by atoms with Gasteiger partial charge in [-0.15, -0.1) is 0 Å². The summed E-state index contributed by atoms with van der Waals surface area (Å²) in [6, 6.07) is 22.1. The molecule has 3 aromatic rings. The quantitative estimate of drug-likeness (QED) is 0.487. The van der Waals surface area contributed by atoms with Gasteiger partial charge in [-0.25, -0.2) is 0 Å². The lowest BCUT2D eigenvalue weighted by molar-refractivity contribution is 0.297. The van der Waals surface area contributed by atoms with Gasteiger partial charge in [0.15, 0.2) is 0 Å². The largest absolute Gasteiger partial charge is 0.647 e. The molecule has 0 aliphatic carbocycles. The molecule has 0 N–H and O–H groups in total. The van der Waals surface area contributed by atoms with Gasteiger partial charge in [0, 0.05) is 12.1 Å². The molecule has 140 valence electrons. The van der Waals surface area contributed by atoms with Crippen LogP contribution in [0.3, 0.4) is 0 Å². The van der Waals surface area contributed by atoms with Gasteiger partial charge in [-0.3, -0.25) is 0 Å². The molecule has 0 aliphatic heterocycles. The molecule has 0 aliphatic rings. The zero-order chi connectivity index (χ0) is 19.1. The number of hydrogen-bond acceptors (Lipinski definition) is 6. The van der Waals surface area contributed by atoms with Crippen molar-refractivity contribution in [2.45, 2.75) is 0 Å². The van der Waals surface area contributed by atoms with Crippen LogP contribution in [0.1, 0.15) is 0 Å². The fraction of sp³-hybridized carbons (Fsp3) is 0.100. The lowest BCUT2D eigenvalue weighted by atomic mass is 10.3. The van der Waals surface area contributed by atoms with Gasteiger partial charge in [-0.2, -0.15) is 4.57 Å². The molecule has 3 aromatic carbocycles. The lowest BCUT2D eigenvalue weighted by Gasteiger charge is -2.19. The van der Waals surface area contributed by atoms with Gasteiger partial charge in [-0.1, -0.05) is 30.3 Å². The van der Waals surface area contributed by atoms with Crippen LogP contribution in [0, 0.1) is 0 Å². The normalized spacial score (nSPS) is 10.7. The Balaban J connectivity index is 1.90. The van der Waals surface area contributed by atoms with Crippen molar-refractivity contribution in [2.24, 2.45) is 0 Å². The Labute approximate surface area is 157 Å². The standard InChI is InChI=1S/C20H19O6P/c1-22-17-10-6-12-19(14-17)25-27(21,24-16-8-4-3-5-9-16)26-20-13-7-11-18(15-20)23-2/h3-15H,1-2H3. The molecular formula is C20H19O6P. The van der Waals surface area contributed by atoms with Crippen molar-refractivity contribution >= 4 is 7.82 Å². The minimum atomic E-state index is -4.06. The third-order valence-electron chi connectivity index (χ3n) is 3.48. The van der Waals surface area contributed by atoms with Crippen LogP contribution >= 0.6 is 7.82 Å². The summed E-state index contributed by atoms with van der Waals surface area (Å²) in [5.41, 5.74) is 0. The first kappa shape index (κ1) is 18.7. The summed E-state index contributed by atoms with van der Waals surface area (Å²) >= 11 is 0. The monoisotopic (exact) mass is 386 g/mol. The van der Waals surface area contributed by atoms with Crippen LogP contribution in [0.25, 0.3) is 0 Å². The Kier molecular flexibility index (Phi) is 5.89. The first-order valence-electron chi connectivity index (χ1n) is 8.12. The molecule has 3 rings (SSSR count). The van der Waals surface area contributed by atoms with Crippen molar-refractivity contribution in [1.29, 1.82) is 0 Å². The van der Waals surface area contributed by atoms with Gasteiger partial charge < -0.3 is 23.0 Å². The molecule has 0 heterocycles. The minimum absolute atomic E-state index is 0.288. The predicted molar refractivity (Wildman–Crippen MR) is 102 cm³/mol. The third-order valence-corrected chi connectivity index (χ3v) is 4.78. The Morgan fingerprint density at radius 3 is 1.44 bits per heavy atom. The van der Waals surface area contributed by atoms with Crippen LogP contribution in [0.2, 0.25) is 0 Å². The number of methoxy groups -OCH3 is 2. The summed E-state index contributed by atoms with van der Waals surface area (Å²) in [6.45, 7) is 0. The van der Waals surface area contributed by atoms with E-state index in [9.17, 15) is 4.57 Å². The van der Waals surface area contributed by atoms with E-state index >= 15 is 0 Å². The Morgan fingerprint density at radius 1 is 0.556 bits per heavy atom. The van der Waals surface area contributed by atoms with Gasteiger partial charge >= 0.3 is 7.82 Å². The SMILES string of the molecule is COc1cccc(OP(=O)(Oc2ccccc2)Oc2cccc(OC)c2)c1. The second-order valence-corrected chi connectivity index (χ2v) is 6.83. The Hall–Kier alpha value is -3.11. The first-order valence-corrected chi connectivity index (χ1v) is 9.58. The van der Waals surface area contributed by atoms with Crippen molar-refractivity contribution < 1.29 is 27.6 Å². The maximum atomic E-state index is 13.4. The lowest BCUT2D eigenvalue weighted by Crippen LogP contribution is -2.07. The van der Waals surface area contributed by atoms with Crippen LogP contribution in [0.5, 0.6) is 28.7 Å². The van der Waals surface area contributed by atoms with Gasteiger partial charge in [0.25, 0.3) is 0 Å². The van der Waals surface area contributed by atoms with Crippen LogP contribution in [-0.2, 0) is 4.57 Å². The summed E-state index contributed by atoms with van der Waals surface area (Å²) < 4.78 is 40.5. The fourth-order valence-electron chi connectivity index (χ4n) is 2.24. The predicted octanol–water partition coefficient (Wildman–Crippen LogP) is 5.35. The van der Waals surface area contributed by atoms with E-state index in [-0.39, 0.29) is 11.5 Å². The summed E-state index contributed by atoms with van der Waals surface area (Å²) in [7, 11) is -0.990. The molecule has 0 spiro atoms. The van der Waals surface area contributed by atoms with E-state index in [1.54, 1.807) is 72.8 Å². The van der Waals surface area contributed by atoms with E-state index in [0.717, 1.165) is 0 Å². The molecule has 0 saturated heterocycles. The average Bonchev–Trinajstić information content (AvgIpc) is 2.68. The van der Waals surface area contributed by atoms with Gasteiger partial charge in [0.05, 0.1) is 14.2 Å². The van der Waals surface area contributed by atoms with Crippen molar-refractivity contribution in [3.05, 3.63) is 78.9 Å². The number of rotatable bonds is 8. The van der Waals surface area contributed by atoms with Gasteiger partial charge in [0.1, 0.15) is 28.7 Å². The summed E-state index contributed by atoms with van der Waals surface area (Å²) in [5, 5.41) is 0. The minimum Gasteiger partial charge on any atom is -0.497 e. The molecule has 0 unspecified atom stereocenters. The zero-order valence-corrected chi connectivity index (χ0v) is 15.8. The second-order valence-electron chi connectivity index (χ2n) is 5.39. The molecule has 27 heavy (non-hydrogen) atoms. The fourth-order valence-corrected chi connectivity index (χ4v) is 3.48. The Morgan fingerprint density at radius 2 is 0.963 bits per heavy atom. The topological polar surface area (TPSA) is 63.2 Å². The highest BCUT2D eigenvalue weighted by Crippen LogP contribution is 2.50. The van der Waals surface area contributed by atoms with Crippen molar-refractivity contribution in [2.75, 3.05) is 14.2 Å². The molecule has 0 radical (unpaired) electrons. The first-order chi connectivity index (χ1) is 13.1. The molecule has 0 aromatic heterocycles. The summed E-state index contributed by atoms with van der Waals surface area (Å²) in [4.78, 5) is 0. The van der Waals surface area contributed by atoms with Crippen LogP contribution in [0.15, 0.2) is 78.9 Å². The molecule has 0 fully saturated rings. The molecule has 6 nitrogen and oxygen atoms in total. The van der Waals surface area contributed by atoms with Crippen molar-refractivity contribution in [3.63, 3.8) is 0 Å². The number of para-hydroxylation sites is 1. The maximum Gasteiger partial charge on any atom is 0.647 e. The number of hydrogen-bond donors (Lipinski definition) is 0. The number of phosphoric acid groups is 1. The highest BCUT2D eigenvalue weighted by atomic mass is 31.2. The number of ether oxygens (including phenoxy) is 2. The van der Waals surface area contributed by atoms with Crippen LogP contribution < -0.4 is 23.0 Å². The van der Waals surface area contributed by atoms with E-state index in [0.29, 0.717) is 17.2 Å². The second kappa shape index (κ2) is 8.52. The van der Waals surface area contributed by atoms with Crippen molar-refractivity contribution in [1.82, 2.24) is 0 Å². The number of phosphoric ester groups is 1. The molecule has 0 amide bonds. The Bertz CT molecular complexity index is 875. The average molecular weight is 386 g/mol. The highest BCUT2D eigenvalue weighted by Gasteiger charge is 2.33. The maximum absolute atomic E-state index is 13.4. The smallest absolute Gasteiger partial charge is 0.497 e. The van der Waals surface area contributed by atoms with Gasteiger partial charge in [-0.05, 0) is 36.4 Å². The van der Waals surface area contributed by atoms with Gasteiger partial charge in [0.2, 0.25) is 0 Å². The zero-order valence-electron chi connectivity index (χ0n) is 14.9. The summed E-state index contributed by atoms with van der Waals surface area (Å²) in [6.07, 6.45) is 0. The molecule has 0 atom stereocenters. The summed E-state index contributed by atoms with van der Waals surface area (Å²) in [5.74, 6) is 2.04. The third kappa shape index (κ3) is 5.19. The molecule has 7 heteroatoms. The van der Waals surface area contributed by atoms with E-state index in [2.05, 4.69) is 0 Å². The van der Waals surface area contributed by atoms with Crippen LogP contribution in [-0.4, -0.2) is 14.2 Å². The number of benzene rings is 3. The molecular weight excluding hydrogens is 367 g/mol. The molecule has 0 bridgehead atoms. The molecule has 0 saturated carbocycles. The van der Waals surface area contributed by atoms with E-state index in [4.69, 9.17) is 23.0 Å². The van der Waals surface area contributed by atoms with Crippen LogP contribution in [0.4, 0.5) is 0 Å². The van der Waals surface area contributed by atoms with Crippen molar-refractivity contribution in [3.8, 4) is 28.7 Å².